The first kappa shape index (κ1) is 48.2. The van der Waals surface area contributed by atoms with Gasteiger partial charge in [-0.1, -0.05) is 141 Å². The summed E-state index contributed by atoms with van der Waals surface area (Å²) in [5, 5.41) is 18.4. The summed E-state index contributed by atoms with van der Waals surface area (Å²) in [4.78, 5) is 65.2. The summed E-state index contributed by atoms with van der Waals surface area (Å²) in [5.41, 5.74) is 4.98. The van der Waals surface area contributed by atoms with Crippen molar-refractivity contribution in [1.29, 1.82) is 0 Å². The topological polar surface area (TPSA) is 166 Å². The van der Waals surface area contributed by atoms with Gasteiger partial charge < -0.3 is 29.0 Å². The molecule has 356 valence electrons. The number of benzene rings is 4. The molecule has 4 heterocycles. The molecular weight excluding hydrogens is 853 g/mol. The van der Waals surface area contributed by atoms with E-state index in [2.05, 4.69) is 22.4 Å². The minimum Gasteiger partial charge on any atom is -0.480 e. The molecule has 4 aliphatic heterocycles. The molecule has 0 bridgehead atoms. The minimum absolute atomic E-state index is 0.0954. The molecule has 4 aromatic rings. The van der Waals surface area contributed by atoms with Gasteiger partial charge in [0.2, 0.25) is 0 Å². The molecular formula is C53H64N4O10. The first-order valence-electron chi connectivity index (χ1n) is 23.6. The second kappa shape index (κ2) is 20.0. The number of rotatable bonds is 6. The van der Waals surface area contributed by atoms with Crippen LogP contribution < -0.4 is 0 Å². The average Bonchev–Trinajstić information content (AvgIpc) is 4.17. The van der Waals surface area contributed by atoms with E-state index in [1.54, 1.807) is 41.5 Å². The quantitative estimate of drug-likeness (QED) is 0.145. The van der Waals surface area contributed by atoms with Crippen molar-refractivity contribution in [3.8, 4) is 11.1 Å². The number of esters is 1. The van der Waals surface area contributed by atoms with Crippen LogP contribution in [-0.4, -0.2) is 105 Å². The smallest absolute Gasteiger partial charge is 0.411 e. The van der Waals surface area contributed by atoms with Gasteiger partial charge in [0.25, 0.3) is 0 Å². The number of aliphatic carboxylic acids is 1. The Morgan fingerprint density at radius 1 is 0.657 bits per heavy atom. The molecule has 14 heteroatoms. The normalized spacial score (nSPS) is 22.4. The molecule has 4 aromatic carbocycles. The summed E-state index contributed by atoms with van der Waals surface area (Å²) in [6.07, 6.45) is 0.214. The van der Waals surface area contributed by atoms with Crippen molar-refractivity contribution in [2.75, 3.05) is 19.7 Å². The molecule has 2 saturated heterocycles. The van der Waals surface area contributed by atoms with E-state index in [0.29, 0.717) is 19.3 Å². The molecule has 2 amide bonds. The molecule has 0 aromatic heterocycles. The lowest BCUT2D eigenvalue weighted by atomic mass is 9.92. The van der Waals surface area contributed by atoms with Crippen molar-refractivity contribution in [3.63, 3.8) is 0 Å². The summed E-state index contributed by atoms with van der Waals surface area (Å²) >= 11 is 0. The molecule has 2 spiro atoms. The fourth-order valence-corrected chi connectivity index (χ4v) is 9.08. The molecule has 0 unspecified atom stereocenters. The summed E-state index contributed by atoms with van der Waals surface area (Å²) in [6.45, 7) is 15.2. The van der Waals surface area contributed by atoms with Gasteiger partial charge in [0.1, 0.15) is 29.9 Å². The van der Waals surface area contributed by atoms with Crippen molar-refractivity contribution in [3.05, 3.63) is 131 Å². The van der Waals surface area contributed by atoms with Gasteiger partial charge in [-0.05, 0) is 74.9 Å². The van der Waals surface area contributed by atoms with Crippen LogP contribution in [0.4, 0.5) is 9.59 Å². The summed E-state index contributed by atoms with van der Waals surface area (Å²) in [5.74, 6) is -1.63. The highest BCUT2D eigenvalue weighted by Crippen LogP contribution is 2.45. The van der Waals surface area contributed by atoms with Gasteiger partial charge in [0.05, 0.1) is 24.5 Å². The number of amides is 2. The predicted molar refractivity (Wildman–Crippen MR) is 256 cm³/mol. The Labute approximate surface area is 395 Å². The van der Waals surface area contributed by atoms with Gasteiger partial charge in [0.15, 0.2) is 11.2 Å². The Morgan fingerprint density at radius 2 is 1.07 bits per heavy atom. The van der Waals surface area contributed by atoms with Crippen LogP contribution in [-0.2, 0) is 33.5 Å². The van der Waals surface area contributed by atoms with Gasteiger partial charge in [0, 0.05) is 33.0 Å². The van der Waals surface area contributed by atoms with Crippen molar-refractivity contribution in [2.24, 2.45) is 10.3 Å². The summed E-state index contributed by atoms with van der Waals surface area (Å²) < 4.78 is 22.6. The number of ether oxygens (including phenoxy) is 3. The maximum Gasteiger partial charge on any atom is 0.411 e. The number of carbonyl (C=O) groups excluding carboxylic acids is 3. The van der Waals surface area contributed by atoms with E-state index in [9.17, 15) is 24.3 Å². The fourth-order valence-electron chi connectivity index (χ4n) is 9.08. The molecule has 14 nitrogen and oxygen atoms in total. The molecule has 2 fully saturated rings. The highest BCUT2D eigenvalue weighted by atomic mass is 16.7. The van der Waals surface area contributed by atoms with E-state index < -0.39 is 58.6 Å². The van der Waals surface area contributed by atoms with E-state index in [-0.39, 0.29) is 32.0 Å². The van der Waals surface area contributed by atoms with Crippen molar-refractivity contribution >= 4 is 35.5 Å². The third kappa shape index (κ3) is 11.1. The van der Waals surface area contributed by atoms with E-state index in [4.69, 9.17) is 25.3 Å². The van der Waals surface area contributed by atoms with E-state index in [0.717, 1.165) is 44.8 Å². The molecule has 1 aliphatic carbocycles. The molecule has 0 saturated carbocycles. The lowest BCUT2D eigenvalue weighted by Crippen LogP contribution is -2.46. The highest BCUT2D eigenvalue weighted by Gasteiger charge is 2.56. The lowest BCUT2D eigenvalue weighted by molar-refractivity contribution is -0.160. The number of hydrogen-bond acceptors (Lipinski definition) is 11. The zero-order chi connectivity index (χ0) is 49.4. The zero-order valence-electron chi connectivity index (χ0n) is 41.0. The Balaban J connectivity index is 0.000000212. The second-order valence-electron chi connectivity index (χ2n) is 19.1. The van der Waals surface area contributed by atoms with Gasteiger partial charge >= 0.3 is 24.1 Å². The zero-order valence-corrected chi connectivity index (χ0v) is 40.0. The summed E-state index contributed by atoms with van der Waals surface area (Å²) in [7, 11) is 1.25. The third-order valence-electron chi connectivity index (χ3n) is 11.9. The van der Waals surface area contributed by atoms with Crippen molar-refractivity contribution < 1.29 is 49.5 Å². The van der Waals surface area contributed by atoms with Crippen molar-refractivity contribution in [1.82, 2.24) is 9.80 Å². The van der Waals surface area contributed by atoms with Crippen LogP contribution in [0.5, 0.6) is 0 Å². The SMILES string of the molecule is CC.CC(C)(C)OC(=O)[C@@H]1C[C@]2(CC(c3ccccc3)=NO2)CN1C(=O)OC(C)(C)C.O=C(O)[C@@H]1C[C@]2(CC(c3ccccc3)=NO2)CN1C(=O)OCC1c2ccccc2-c2ccccc21.[2H]C. The predicted octanol–water partition coefficient (Wildman–Crippen LogP) is 10.2. The number of hydrogen-bond donors (Lipinski definition) is 1. The Bertz CT molecular complexity index is 2400. The van der Waals surface area contributed by atoms with Gasteiger partial charge in [-0.15, -0.1) is 0 Å². The number of carboxylic acid groups (broad SMARTS) is 1. The number of fused-ring (bicyclic) bond motifs is 3. The number of nitrogens with zero attached hydrogens (tertiary/aromatic N) is 4. The second-order valence-corrected chi connectivity index (χ2v) is 19.1. The molecule has 9 rings (SSSR count). The van der Waals surface area contributed by atoms with Crippen LogP contribution in [0.15, 0.2) is 120 Å². The maximum absolute atomic E-state index is 13.2. The van der Waals surface area contributed by atoms with Gasteiger partial charge in [-0.25, -0.2) is 19.2 Å². The van der Waals surface area contributed by atoms with Crippen LogP contribution in [0.1, 0.15) is 118 Å². The molecule has 0 radical (unpaired) electrons. The standard InChI is InChI=1S/C28H24N2O5.C22H30N2O5.C2H6.CH4/c31-26(32)25-15-28(14-24(29-35-28)18-8-2-1-3-9-18)17-30(25)27(33)34-16-23-21-12-6-4-10-19(21)20-11-5-7-13-22(20)23;1-20(2,3)27-18(25)17-13-22(14-24(17)19(26)28-21(4,5)6)12-16(23-29-22)15-10-8-7-9-11-15;1-2;/h1-13,23,25H,14-17H2,(H,31,32);7-11,17H,12-14H2,1-6H3;1-2H3;1H4/t25-,28+;17-,22+;;/m00../s1/i;;;1D. The fraction of sp³-hybridized carbons (Fsp3) is 0.434. The van der Waals surface area contributed by atoms with Gasteiger partial charge in [-0.3, -0.25) is 9.80 Å². The number of carbonyl (C=O) groups is 4. The van der Waals surface area contributed by atoms with Crippen LogP contribution >= 0.6 is 0 Å². The Hall–Kier alpha value is -6.70. The van der Waals surface area contributed by atoms with Crippen LogP contribution in [0, 0.1) is 0 Å². The lowest BCUT2D eigenvalue weighted by Gasteiger charge is -2.29. The number of carboxylic acids is 1. The first-order chi connectivity index (χ1) is 32.4. The van der Waals surface area contributed by atoms with E-state index in [1.807, 2.05) is 111 Å². The minimum atomic E-state index is -1.08. The van der Waals surface area contributed by atoms with Gasteiger partial charge in [-0.2, -0.15) is 0 Å². The molecule has 5 aliphatic rings. The van der Waals surface area contributed by atoms with E-state index >= 15 is 0 Å². The van der Waals surface area contributed by atoms with Crippen LogP contribution in [0.3, 0.4) is 0 Å². The van der Waals surface area contributed by atoms with E-state index in [1.165, 1.54) is 17.2 Å². The number of oxime groups is 2. The van der Waals surface area contributed by atoms with Crippen LogP contribution in [0.2, 0.25) is 0 Å². The molecule has 4 atom stereocenters. The van der Waals surface area contributed by atoms with Crippen LogP contribution in [0.25, 0.3) is 11.1 Å². The Morgan fingerprint density at radius 3 is 1.52 bits per heavy atom. The largest absolute Gasteiger partial charge is 0.480 e. The summed E-state index contributed by atoms with van der Waals surface area (Å²) in [6, 6.07) is 33.8. The van der Waals surface area contributed by atoms with Crippen molar-refractivity contribution in [2.45, 2.75) is 129 Å². The molecule has 1 N–H and O–H groups in total. The average molecular weight is 918 g/mol. The highest BCUT2D eigenvalue weighted by molar-refractivity contribution is 6.02. The third-order valence-corrected chi connectivity index (χ3v) is 11.9. The molecule has 67 heavy (non-hydrogen) atoms. The number of likely N-dealkylation sites (tertiary alicyclic amines) is 2. The first-order valence-corrected chi connectivity index (χ1v) is 22.6. The maximum atomic E-state index is 13.2. The Kier molecular flexibility index (Phi) is 14.4. The monoisotopic (exact) mass is 917 g/mol.